The summed E-state index contributed by atoms with van der Waals surface area (Å²) in [7, 11) is 3.47. The van der Waals surface area contributed by atoms with Gasteiger partial charge >= 0.3 is 0 Å². The van der Waals surface area contributed by atoms with E-state index in [0.29, 0.717) is 13.2 Å². The van der Waals surface area contributed by atoms with Gasteiger partial charge in [0.2, 0.25) is 0 Å². The maximum atomic E-state index is 5.74. The number of benzene rings is 1. The molecule has 0 fully saturated rings. The minimum Gasteiger partial charge on any atom is -0.492 e. The molecule has 0 heterocycles. The molecule has 0 aromatic heterocycles. The number of guanidine groups is 1. The number of hydrogen-bond donors (Lipinski definition) is 2. The van der Waals surface area contributed by atoms with E-state index in [-0.39, 0.29) is 0 Å². The van der Waals surface area contributed by atoms with Crippen LogP contribution >= 0.6 is 0 Å². The number of aliphatic imine (C=N–C) groups is 1. The van der Waals surface area contributed by atoms with Gasteiger partial charge in [0.1, 0.15) is 12.4 Å². The number of methoxy groups -OCH3 is 1. The van der Waals surface area contributed by atoms with Crippen LogP contribution < -0.4 is 15.4 Å². The van der Waals surface area contributed by atoms with Crippen LogP contribution in [0, 0.1) is 13.8 Å². The molecular weight excluding hydrogens is 266 g/mol. The first-order chi connectivity index (χ1) is 10.2. The number of hydrogen-bond acceptors (Lipinski definition) is 3. The fraction of sp³-hybridized carbons (Fsp3) is 0.562. The van der Waals surface area contributed by atoms with Crippen LogP contribution in [0.4, 0.5) is 0 Å². The van der Waals surface area contributed by atoms with Crippen LogP contribution in [-0.2, 0) is 4.74 Å². The van der Waals surface area contributed by atoms with Gasteiger partial charge < -0.3 is 20.1 Å². The van der Waals surface area contributed by atoms with E-state index in [1.54, 1.807) is 14.2 Å². The van der Waals surface area contributed by atoms with Crippen LogP contribution in [0.5, 0.6) is 5.75 Å². The summed E-state index contributed by atoms with van der Waals surface area (Å²) in [5.74, 6) is 1.70. The minimum atomic E-state index is 0.599. The van der Waals surface area contributed by atoms with Crippen molar-refractivity contribution in [3.63, 3.8) is 0 Å². The van der Waals surface area contributed by atoms with E-state index in [1.165, 1.54) is 11.1 Å². The third-order valence-corrected chi connectivity index (χ3v) is 2.90. The number of ether oxygens (including phenoxy) is 2. The van der Waals surface area contributed by atoms with Gasteiger partial charge in [-0.2, -0.15) is 0 Å². The number of aryl methyl sites for hydroxylation is 2. The SMILES string of the molecule is CN=C(NCCCOC)NCCOc1cc(C)cc(C)c1. The molecule has 5 nitrogen and oxygen atoms in total. The predicted octanol–water partition coefficient (Wildman–Crippen LogP) is 1.88. The average Bonchev–Trinajstić information content (AvgIpc) is 2.44. The van der Waals surface area contributed by atoms with E-state index in [1.807, 2.05) is 12.1 Å². The quantitative estimate of drug-likeness (QED) is 0.436. The fourth-order valence-electron chi connectivity index (χ4n) is 2.00. The highest BCUT2D eigenvalue weighted by molar-refractivity contribution is 5.79. The van der Waals surface area contributed by atoms with E-state index in [9.17, 15) is 0 Å². The largest absolute Gasteiger partial charge is 0.492 e. The molecule has 1 aromatic carbocycles. The van der Waals surface area contributed by atoms with Crippen molar-refractivity contribution in [3.8, 4) is 5.75 Å². The molecule has 5 heteroatoms. The highest BCUT2D eigenvalue weighted by Gasteiger charge is 1.99. The summed E-state index contributed by atoms with van der Waals surface area (Å²) in [6, 6.07) is 6.23. The van der Waals surface area contributed by atoms with Crippen molar-refractivity contribution in [2.45, 2.75) is 20.3 Å². The Balaban J connectivity index is 2.22. The Morgan fingerprint density at radius 3 is 2.33 bits per heavy atom. The second-order valence-corrected chi connectivity index (χ2v) is 4.94. The van der Waals surface area contributed by atoms with Gasteiger partial charge in [-0.25, -0.2) is 0 Å². The van der Waals surface area contributed by atoms with Crippen molar-refractivity contribution in [1.82, 2.24) is 10.6 Å². The van der Waals surface area contributed by atoms with Crippen LogP contribution in [-0.4, -0.2) is 46.4 Å². The van der Waals surface area contributed by atoms with Gasteiger partial charge in [0.15, 0.2) is 5.96 Å². The van der Waals surface area contributed by atoms with Gasteiger partial charge in [0, 0.05) is 27.3 Å². The van der Waals surface area contributed by atoms with Crippen molar-refractivity contribution in [1.29, 1.82) is 0 Å². The first-order valence-electron chi connectivity index (χ1n) is 7.30. The third kappa shape index (κ3) is 7.56. The molecule has 118 valence electrons. The van der Waals surface area contributed by atoms with E-state index in [2.05, 4.69) is 35.5 Å². The lowest BCUT2D eigenvalue weighted by atomic mass is 10.1. The van der Waals surface area contributed by atoms with Crippen molar-refractivity contribution in [2.24, 2.45) is 4.99 Å². The molecular formula is C16H27N3O2. The molecule has 0 radical (unpaired) electrons. The summed E-state index contributed by atoms with van der Waals surface area (Å²) in [5.41, 5.74) is 2.43. The maximum Gasteiger partial charge on any atom is 0.191 e. The Morgan fingerprint density at radius 2 is 1.71 bits per heavy atom. The molecule has 0 atom stereocenters. The monoisotopic (exact) mass is 293 g/mol. The third-order valence-electron chi connectivity index (χ3n) is 2.90. The molecule has 21 heavy (non-hydrogen) atoms. The summed E-state index contributed by atoms with van der Waals surface area (Å²) >= 11 is 0. The highest BCUT2D eigenvalue weighted by Crippen LogP contribution is 2.15. The van der Waals surface area contributed by atoms with Crippen LogP contribution in [0.3, 0.4) is 0 Å². The van der Waals surface area contributed by atoms with Crippen molar-refractivity contribution in [2.75, 3.05) is 40.5 Å². The van der Waals surface area contributed by atoms with E-state index in [4.69, 9.17) is 9.47 Å². The summed E-state index contributed by atoms with van der Waals surface area (Å²) < 4.78 is 10.7. The fourth-order valence-corrected chi connectivity index (χ4v) is 2.00. The van der Waals surface area contributed by atoms with Gasteiger partial charge in [0.25, 0.3) is 0 Å². The van der Waals surface area contributed by atoms with Gasteiger partial charge in [-0.15, -0.1) is 0 Å². The zero-order valence-corrected chi connectivity index (χ0v) is 13.5. The van der Waals surface area contributed by atoms with Gasteiger partial charge in [-0.05, 0) is 43.5 Å². The molecule has 2 N–H and O–H groups in total. The summed E-state index contributed by atoms with van der Waals surface area (Å²) in [6.07, 6.45) is 0.955. The van der Waals surface area contributed by atoms with E-state index >= 15 is 0 Å². The smallest absolute Gasteiger partial charge is 0.191 e. The van der Waals surface area contributed by atoms with Crippen LogP contribution in [0.1, 0.15) is 17.5 Å². The molecule has 0 unspecified atom stereocenters. The lowest BCUT2D eigenvalue weighted by Gasteiger charge is -2.13. The molecule has 0 bridgehead atoms. The Kier molecular flexibility index (Phi) is 8.28. The van der Waals surface area contributed by atoms with Crippen molar-refractivity contribution in [3.05, 3.63) is 29.3 Å². The molecule has 0 amide bonds. The standard InChI is InChI=1S/C16H27N3O2/c1-13-10-14(2)12-15(11-13)21-9-7-19-16(17-3)18-6-5-8-20-4/h10-12H,5-9H2,1-4H3,(H2,17,18,19). The predicted molar refractivity (Wildman–Crippen MR) is 87.3 cm³/mol. The molecule has 1 aromatic rings. The minimum absolute atomic E-state index is 0.599. The highest BCUT2D eigenvalue weighted by atomic mass is 16.5. The van der Waals surface area contributed by atoms with Crippen LogP contribution in [0.2, 0.25) is 0 Å². The molecule has 0 aliphatic rings. The number of nitrogens with one attached hydrogen (secondary N) is 2. The topological polar surface area (TPSA) is 54.9 Å². The van der Waals surface area contributed by atoms with Crippen LogP contribution in [0.25, 0.3) is 0 Å². The lowest BCUT2D eigenvalue weighted by Crippen LogP contribution is -2.39. The summed E-state index contributed by atoms with van der Waals surface area (Å²) in [5, 5.41) is 6.44. The normalized spacial score (nSPS) is 11.3. The molecule has 1 rings (SSSR count). The van der Waals surface area contributed by atoms with Crippen molar-refractivity contribution >= 4 is 5.96 Å². The van der Waals surface area contributed by atoms with Gasteiger partial charge in [-0.1, -0.05) is 6.07 Å². The Hall–Kier alpha value is -1.75. The first-order valence-corrected chi connectivity index (χ1v) is 7.30. The van der Waals surface area contributed by atoms with E-state index in [0.717, 1.165) is 31.3 Å². The molecule has 0 saturated carbocycles. The van der Waals surface area contributed by atoms with Gasteiger partial charge in [0.05, 0.1) is 6.54 Å². The first kappa shape index (κ1) is 17.3. The van der Waals surface area contributed by atoms with E-state index < -0.39 is 0 Å². The second kappa shape index (κ2) is 10.0. The number of rotatable bonds is 8. The Labute approximate surface area is 127 Å². The number of nitrogens with zero attached hydrogens (tertiary/aromatic N) is 1. The lowest BCUT2D eigenvalue weighted by molar-refractivity contribution is 0.195. The average molecular weight is 293 g/mol. The Bertz CT molecular complexity index is 427. The summed E-state index contributed by atoms with van der Waals surface area (Å²) in [6.45, 7) is 7.04. The zero-order chi connectivity index (χ0) is 15.5. The second-order valence-electron chi connectivity index (χ2n) is 4.94. The Morgan fingerprint density at radius 1 is 1.05 bits per heavy atom. The van der Waals surface area contributed by atoms with Crippen LogP contribution in [0.15, 0.2) is 23.2 Å². The molecule has 0 saturated heterocycles. The summed E-state index contributed by atoms with van der Waals surface area (Å²) in [4.78, 5) is 4.16. The maximum absolute atomic E-state index is 5.74. The molecule has 0 spiro atoms. The van der Waals surface area contributed by atoms with Crippen molar-refractivity contribution < 1.29 is 9.47 Å². The zero-order valence-electron chi connectivity index (χ0n) is 13.5. The molecule has 0 aliphatic heterocycles. The molecule has 0 aliphatic carbocycles. The van der Waals surface area contributed by atoms with Gasteiger partial charge in [-0.3, -0.25) is 4.99 Å².